The lowest BCUT2D eigenvalue weighted by Gasteiger charge is -2.34. The van der Waals surface area contributed by atoms with E-state index in [1.165, 1.54) is 18.4 Å². The number of methoxy groups -OCH3 is 2. The van der Waals surface area contributed by atoms with E-state index in [-0.39, 0.29) is 0 Å². The maximum absolute atomic E-state index is 10.2. The van der Waals surface area contributed by atoms with Crippen LogP contribution in [0.15, 0.2) is 42.5 Å². The van der Waals surface area contributed by atoms with Crippen LogP contribution in [-0.4, -0.2) is 62.4 Å². The van der Waals surface area contributed by atoms with E-state index in [0.717, 1.165) is 49.7 Å². The van der Waals surface area contributed by atoms with Crippen molar-refractivity contribution in [3.8, 4) is 17.2 Å². The molecule has 1 saturated heterocycles. The average Bonchev–Trinajstić information content (AvgIpc) is 2.75. The summed E-state index contributed by atoms with van der Waals surface area (Å²) in [7, 11) is 5.48. The Bertz CT molecular complexity index is 755. The predicted molar refractivity (Wildman–Crippen MR) is 117 cm³/mol. The second-order valence-corrected chi connectivity index (χ2v) is 8.04. The topological polar surface area (TPSA) is 45.2 Å². The fourth-order valence-corrected chi connectivity index (χ4v) is 4.15. The molecule has 1 N–H and O–H groups in total. The van der Waals surface area contributed by atoms with E-state index in [4.69, 9.17) is 9.47 Å². The quantitative estimate of drug-likeness (QED) is 0.696. The van der Waals surface area contributed by atoms with Crippen LogP contribution >= 0.6 is 0 Å². The number of ether oxygens (including phenoxy) is 2. The predicted octanol–water partition coefficient (Wildman–Crippen LogP) is 3.80. The summed E-state index contributed by atoms with van der Waals surface area (Å²) < 4.78 is 10.6. The molecule has 1 heterocycles. The molecular weight excluding hydrogens is 364 g/mol. The third kappa shape index (κ3) is 6.12. The van der Waals surface area contributed by atoms with Crippen molar-refractivity contribution in [2.45, 2.75) is 25.8 Å². The Hall–Kier alpha value is -2.24. The highest BCUT2D eigenvalue weighted by atomic mass is 16.5. The van der Waals surface area contributed by atoms with Crippen molar-refractivity contribution < 1.29 is 14.6 Å². The first kappa shape index (κ1) is 21.5. The standard InChI is InChI=1S/C24H34N2O3/c1-25(18-22-23(27)5-4-6-24(22)29-3)17-20-12-15-26(16-13-20)14-11-19-7-9-21(28-2)10-8-19/h4-10,20,27H,11-18H2,1-3H3. The number of rotatable bonds is 9. The Morgan fingerprint density at radius 2 is 1.76 bits per heavy atom. The lowest BCUT2D eigenvalue weighted by Crippen LogP contribution is -2.38. The van der Waals surface area contributed by atoms with Gasteiger partial charge in [0.15, 0.2) is 0 Å². The molecule has 2 aromatic carbocycles. The molecule has 0 aromatic heterocycles. The number of aromatic hydroxyl groups is 1. The summed E-state index contributed by atoms with van der Waals surface area (Å²) in [6, 6.07) is 13.9. The smallest absolute Gasteiger partial charge is 0.127 e. The number of likely N-dealkylation sites (tertiary alicyclic amines) is 1. The van der Waals surface area contributed by atoms with Gasteiger partial charge in [0.1, 0.15) is 17.2 Å². The average molecular weight is 399 g/mol. The second kappa shape index (κ2) is 10.5. The maximum atomic E-state index is 10.2. The summed E-state index contributed by atoms with van der Waals surface area (Å²) >= 11 is 0. The molecule has 1 aliphatic rings. The SMILES string of the molecule is COc1ccc(CCN2CCC(CN(C)Cc3c(O)cccc3OC)CC2)cc1. The van der Waals surface area contributed by atoms with Crippen LogP contribution in [0.3, 0.4) is 0 Å². The minimum Gasteiger partial charge on any atom is -0.507 e. The van der Waals surface area contributed by atoms with Gasteiger partial charge in [0.05, 0.1) is 14.2 Å². The number of phenolic OH excluding ortho intramolecular Hbond substituents is 1. The summed E-state index contributed by atoms with van der Waals surface area (Å²) in [6.07, 6.45) is 3.54. The largest absolute Gasteiger partial charge is 0.507 e. The zero-order chi connectivity index (χ0) is 20.6. The van der Waals surface area contributed by atoms with Gasteiger partial charge in [-0.3, -0.25) is 0 Å². The summed E-state index contributed by atoms with van der Waals surface area (Å²) in [5.41, 5.74) is 2.23. The van der Waals surface area contributed by atoms with Crippen LogP contribution in [0.2, 0.25) is 0 Å². The lowest BCUT2D eigenvalue weighted by molar-refractivity contribution is 0.152. The summed E-state index contributed by atoms with van der Waals surface area (Å²) in [6.45, 7) is 5.18. The van der Waals surface area contributed by atoms with Gasteiger partial charge in [-0.2, -0.15) is 0 Å². The van der Waals surface area contributed by atoms with Gasteiger partial charge in [0.2, 0.25) is 0 Å². The van der Waals surface area contributed by atoms with Gasteiger partial charge in [-0.05, 0) is 75.1 Å². The highest BCUT2D eigenvalue weighted by Gasteiger charge is 2.21. The summed E-state index contributed by atoms with van der Waals surface area (Å²) in [5.74, 6) is 2.68. The van der Waals surface area contributed by atoms with Crippen LogP contribution in [0.5, 0.6) is 17.2 Å². The van der Waals surface area contributed by atoms with Crippen molar-refractivity contribution in [2.75, 3.05) is 47.4 Å². The van der Waals surface area contributed by atoms with Crippen molar-refractivity contribution in [3.05, 3.63) is 53.6 Å². The molecule has 0 atom stereocenters. The fraction of sp³-hybridized carbons (Fsp3) is 0.500. The van der Waals surface area contributed by atoms with Crippen molar-refractivity contribution in [1.29, 1.82) is 0 Å². The van der Waals surface area contributed by atoms with Crippen molar-refractivity contribution >= 4 is 0 Å². The molecule has 1 fully saturated rings. The molecular formula is C24H34N2O3. The molecule has 1 aliphatic heterocycles. The molecule has 0 unspecified atom stereocenters. The van der Waals surface area contributed by atoms with Gasteiger partial charge < -0.3 is 24.4 Å². The first-order chi connectivity index (χ1) is 14.1. The number of phenols is 1. The third-order valence-corrected chi connectivity index (χ3v) is 5.91. The molecule has 5 heteroatoms. The van der Waals surface area contributed by atoms with Gasteiger partial charge in [0.25, 0.3) is 0 Å². The van der Waals surface area contributed by atoms with Crippen LogP contribution in [0.25, 0.3) is 0 Å². The third-order valence-electron chi connectivity index (χ3n) is 5.91. The maximum Gasteiger partial charge on any atom is 0.127 e. The molecule has 0 bridgehead atoms. The van der Waals surface area contributed by atoms with Crippen molar-refractivity contribution in [3.63, 3.8) is 0 Å². The highest BCUT2D eigenvalue weighted by molar-refractivity contribution is 5.43. The minimum atomic E-state index is 0.310. The molecule has 3 rings (SSSR count). The summed E-state index contributed by atoms with van der Waals surface area (Å²) in [4.78, 5) is 4.88. The van der Waals surface area contributed by atoms with Crippen LogP contribution in [-0.2, 0) is 13.0 Å². The Morgan fingerprint density at radius 1 is 1.03 bits per heavy atom. The van der Waals surface area contributed by atoms with Crippen molar-refractivity contribution in [2.24, 2.45) is 5.92 Å². The molecule has 158 valence electrons. The number of hydrogen-bond acceptors (Lipinski definition) is 5. The first-order valence-corrected chi connectivity index (χ1v) is 10.5. The number of benzene rings is 2. The second-order valence-electron chi connectivity index (χ2n) is 8.04. The molecule has 0 amide bonds. The monoisotopic (exact) mass is 398 g/mol. The Kier molecular flexibility index (Phi) is 7.78. The Morgan fingerprint density at radius 3 is 2.41 bits per heavy atom. The Labute approximate surface area is 174 Å². The van der Waals surface area contributed by atoms with Crippen LogP contribution in [0, 0.1) is 5.92 Å². The van der Waals surface area contributed by atoms with Gasteiger partial charge >= 0.3 is 0 Å². The van der Waals surface area contributed by atoms with Gasteiger partial charge in [-0.25, -0.2) is 0 Å². The van der Waals surface area contributed by atoms with Crippen LogP contribution < -0.4 is 9.47 Å². The van der Waals surface area contributed by atoms with E-state index < -0.39 is 0 Å². The highest BCUT2D eigenvalue weighted by Crippen LogP contribution is 2.29. The number of hydrogen-bond donors (Lipinski definition) is 1. The molecule has 5 nitrogen and oxygen atoms in total. The van der Waals surface area contributed by atoms with Crippen LogP contribution in [0.4, 0.5) is 0 Å². The normalized spacial score (nSPS) is 15.6. The van der Waals surface area contributed by atoms with Gasteiger partial charge in [0, 0.05) is 25.2 Å². The van der Waals surface area contributed by atoms with E-state index in [0.29, 0.717) is 18.2 Å². The Balaban J connectivity index is 1.41. The summed E-state index contributed by atoms with van der Waals surface area (Å²) in [5, 5.41) is 10.2. The van der Waals surface area contributed by atoms with E-state index in [1.807, 2.05) is 24.3 Å². The minimum absolute atomic E-state index is 0.310. The molecule has 29 heavy (non-hydrogen) atoms. The number of piperidine rings is 1. The fourth-order valence-electron chi connectivity index (χ4n) is 4.15. The van der Waals surface area contributed by atoms with Gasteiger partial charge in [-0.1, -0.05) is 18.2 Å². The molecule has 0 spiro atoms. The molecule has 0 aliphatic carbocycles. The zero-order valence-corrected chi connectivity index (χ0v) is 17.9. The van der Waals surface area contributed by atoms with E-state index in [9.17, 15) is 5.11 Å². The molecule has 0 radical (unpaired) electrons. The van der Waals surface area contributed by atoms with E-state index >= 15 is 0 Å². The number of nitrogens with zero attached hydrogens (tertiary/aromatic N) is 2. The van der Waals surface area contributed by atoms with E-state index in [2.05, 4.69) is 29.0 Å². The molecule has 2 aromatic rings. The zero-order valence-electron chi connectivity index (χ0n) is 17.9. The van der Waals surface area contributed by atoms with Crippen LogP contribution in [0.1, 0.15) is 24.0 Å². The van der Waals surface area contributed by atoms with E-state index in [1.54, 1.807) is 20.3 Å². The van der Waals surface area contributed by atoms with Gasteiger partial charge in [-0.15, -0.1) is 0 Å². The van der Waals surface area contributed by atoms with Crippen molar-refractivity contribution in [1.82, 2.24) is 9.80 Å². The first-order valence-electron chi connectivity index (χ1n) is 10.5. The molecule has 0 saturated carbocycles. The lowest BCUT2D eigenvalue weighted by atomic mass is 9.95.